The summed E-state index contributed by atoms with van der Waals surface area (Å²) < 4.78 is 39.4. The molecule has 1 atom stereocenters. The predicted molar refractivity (Wildman–Crippen MR) is 75.3 cm³/mol. The molecule has 2 N–H and O–H groups in total. The number of thioether (sulfide) groups is 1. The first-order valence-electron chi connectivity index (χ1n) is 5.62. The summed E-state index contributed by atoms with van der Waals surface area (Å²) in [5.74, 6) is -0.414. The van der Waals surface area contributed by atoms with Crippen molar-refractivity contribution in [1.29, 1.82) is 5.26 Å². The number of aliphatic hydroxyl groups is 1. The zero-order valence-electron chi connectivity index (χ0n) is 11.1. The SMILES string of the molecule is CSCC(C)(O)CNS(=O)(=O)c1ccc(F)c(C#N)c1. The van der Waals surface area contributed by atoms with E-state index in [-0.39, 0.29) is 17.0 Å². The van der Waals surface area contributed by atoms with E-state index in [1.165, 1.54) is 18.7 Å². The molecule has 0 bridgehead atoms. The average molecular weight is 318 g/mol. The van der Waals surface area contributed by atoms with Crippen LogP contribution in [0.25, 0.3) is 0 Å². The number of halogens is 1. The summed E-state index contributed by atoms with van der Waals surface area (Å²) in [6.45, 7) is 1.34. The Labute approximate surface area is 121 Å². The van der Waals surface area contributed by atoms with Crippen LogP contribution in [0.2, 0.25) is 0 Å². The first kappa shape index (κ1) is 16.9. The van der Waals surface area contributed by atoms with Gasteiger partial charge in [-0.25, -0.2) is 17.5 Å². The maximum absolute atomic E-state index is 13.2. The Kier molecular flexibility index (Phi) is 5.53. The lowest BCUT2D eigenvalue weighted by molar-refractivity contribution is 0.0908. The van der Waals surface area contributed by atoms with Gasteiger partial charge in [0.2, 0.25) is 10.0 Å². The van der Waals surface area contributed by atoms with Crippen molar-refractivity contribution in [3.63, 3.8) is 0 Å². The summed E-state index contributed by atoms with van der Waals surface area (Å²) in [6, 6.07) is 4.53. The molecule has 0 fully saturated rings. The Morgan fingerprint density at radius 2 is 2.20 bits per heavy atom. The van der Waals surface area contributed by atoms with E-state index in [1.807, 2.05) is 0 Å². The van der Waals surface area contributed by atoms with Crippen molar-refractivity contribution in [2.75, 3.05) is 18.6 Å². The molecule has 1 aromatic carbocycles. The smallest absolute Gasteiger partial charge is 0.240 e. The standard InChI is InChI=1S/C12H15FN2O3S2/c1-12(16,8-19-2)7-15-20(17,18)10-3-4-11(13)9(5-10)6-14/h3-5,15-16H,7-8H2,1-2H3. The van der Waals surface area contributed by atoms with Gasteiger partial charge in [-0.2, -0.15) is 17.0 Å². The lowest BCUT2D eigenvalue weighted by Gasteiger charge is -2.22. The summed E-state index contributed by atoms with van der Waals surface area (Å²) >= 11 is 1.39. The molecule has 0 amide bonds. The Balaban J connectivity index is 2.93. The quantitative estimate of drug-likeness (QED) is 0.819. The molecule has 0 aliphatic rings. The Morgan fingerprint density at radius 3 is 2.75 bits per heavy atom. The highest BCUT2D eigenvalue weighted by Gasteiger charge is 2.24. The summed E-state index contributed by atoms with van der Waals surface area (Å²) in [5.41, 5.74) is -1.53. The van der Waals surface area contributed by atoms with E-state index in [0.717, 1.165) is 18.2 Å². The molecule has 1 rings (SSSR count). The van der Waals surface area contributed by atoms with Crippen LogP contribution in [0.1, 0.15) is 12.5 Å². The molecule has 0 saturated heterocycles. The van der Waals surface area contributed by atoms with Crippen molar-refractivity contribution in [2.45, 2.75) is 17.4 Å². The van der Waals surface area contributed by atoms with E-state index in [2.05, 4.69) is 4.72 Å². The number of nitriles is 1. The third kappa shape index (κ3) is 4.45. The highest BCUT2D eigenvalue weighted by atomic mass is 32.2. The lowest BCUT2D eigenvalue weighted by atomic mass is 10.1. The topological polar surface area (TPSA) is 90.2 Å². The van der Waals surface area contributed by atoms with Crippen molar-refractivity contribution in [1.82, 2.24) is 4.72 Å². The van der Waals surface area contributed by atoms with Gasteiger partial charge >= 0.3 is 0 Å². The molecule has 0 aliphatic carbocycles. The van der Waals surface area contributed by atoms with Gasteiger partial charge in [-0.1, -0.05) is 0 Å². The zero-order chi connectivity index (χ0) is 15.4. The van der Waals surface area contributed by atoms with Gasteiger partial charge in [0.25, 0.3) is 0 Å². The van der Waals surface area contributed by atoms with Crippen LogP contribution < -0.4 is 4.72 Å². The van der Waals surface area contributed by atoms with E-state index in [4.69, 9.17) is 5.26 Å². The molecule has 0 radical (unpaired) electrons. The molecule has 0 spiro atoms. The minimum absolute atomic E-state index is 0.171. The second-order valence-corrected chi connectivity index (χ2v) is 7.14. The van der Waals surface area contributed by atoms with Crippen molar-refractivity contribution >= 4 is 21.8 Å². The first-order chi connectivity index (χ1) is 9.22. The van der Waals surface area contributed by atoms with Crippen LogP contribution in [-0.4, -0.2) is 37.7 Å². The number of sulfonamides is 1. The molecular formula is C12H15FN2O3S2. The van der Waals surface area contributed by atoms with Crippen LogP contribution >= 0.6 is 11.8 Å². The number of rotatable bonds is 6. The van der Waals surface area contributed by atoms with Crippen molar-refractivity contribution < 1.29 is 17.9 Å². The highest BCUT2D eigenvalue weighted by Crippen LogP contribution is 2.16. The Bertz CT molecular complexity index is 624. The minimum Gasteiger partial charge on any atom is -0.388 e. The summed E-state index contributed by atoms with van der Waals surface area (Å²) in [5, 5.41) is 18.6. The van der Waals surface area contributed by atoms with E-state index in [9.17, 15) is 17.9 Å². The molecule has 0 aliphatic heterocycles. The summed E-state index contributed by atoms with van der Waals surface area (Å²) in [6.07, 6.45) is 1.79. The molecule has 1 aromatic rings. The maximum Gasteiger partial charge on any atom is 0.240 e. The fourth-order valence-corrected chi connectivity index (χ4v) is 3.36. The van der Waals surface area contributed by atoms with Gasteiger partial charge in [-0.05, 0) is 31.4 Å². The number of hydrogen-bond donors (Lipinski definition) is 2. The number of benzene rings is 1. The lowest BCUT2D eigenvalue weighted by Crippen LogP contribution is -2.42. The number of nitrogens with one attached hydrogen (secondary N) is 1. The molecule has 0 aromatic heterocycles. The van der Waals surface area contributed by atoms with E-state index >= 15 is 0 Å². The van der Waals surface area contributed by atoms with Crippen LogP contribution in [0.4, 0.5) is 4.39 Å². The zero-order valence-corrected chi connectivity index (χ0v) is 12.7. The van der Waals surface area contributed by atoms with E-state index in [0.29, 0.717) is 5.75 Å². The second-order valence-electron chi connectivity index (χ2n) is 4.51. The largest absolute Gasteiger partial charge is 0.388 e. The Morgan fingerprint density at radius 1 is 1.55 bits per heavy atom. The van der Waals surface area contributed by atoms with Crippen LogP contribution in [-0.2, 0) is 10.0 Å². The average Bonchev–Trinajstić information content (AvgIpc) is 2.37. The molecule has 110 valence electrons. The minimum atomic E-state index is -3.90. The fourth-order valence-electron chi connectivity index (χ4n) is 1.45. The van der Waals surface area contributed by atoms with Gasteiger partial charge in [0.05, 0.1) is 16.1 Å². The van der Waals surface area contributed by atoms with Crippen LogP contribution in [0.5, 0.6) is 0 Å². The maximum atomic E-state index is 13.2. The molecule has 1 unspecified atom stereocenters. The van der Waals surface area contributed by atoms with E-state index in [1.54, 1.807) is 12.3 Å². The second kappa shape index (κ2) is 6.54. The van der Waals surface area contributed by atoms with Gasteiger partial charge < -0.3 is 5.11 Å². The predicted octanol–water partition coefficient (Wildman–Crippen LogP) is 1.09. The fraction of sp³-hybridized carbons (Fsp3) is 0.417. The van der Waals surface area contributed by atoms with Gasteiger partial charge in [0.1, 0.15) is 11.9 Å². The monoisotopic (exact) mass is 318 g/mol. The number of hydrogen-bond acceptors (Lipinski definition) is 5. The normalized spacial score (nSPS) is 14.6. The summed E-state index contributed by atoms with van der Waals surface area (Å²) in [4.78, 5) is -0.213. The van der Waals surface area contributed by atoms with Gasteiger partial charge in [0, 0.05) is 12.3 Å². The van der Waals surface area contributed by atoms with E-state index < -0.39 is 21.4 Å². The number of nitrogens with zero attached hydrogens (tertiary/aromatic N) is 1. The molecule has 8 heteroatoms. The molecule has 0 saturated carbocycles. The van der Waals surface area contributed by atoms with Crippen molar-refractivity contribution in [2.24, 2.45) is 0 Å². The van der Waals surface area contributed by atoms with Gasteiger partial charge in [-0.15, -0.1) is 0 Å². The highest BCUT2D eigenvalue weighted by molar-refractivity contribution is 7.98. The van der Waals surface area contributed by atoms with Gasteiger partial charge in [-0.3, -0.25) is 0 Å². The third-order valence-corrected chi connectivity index (χ3v) is 4.78. The van der Waals surface area contributed by atoms with Crippen molar-refractivity contribution in [3.8, 4) is 6.07 Å². The molecular weight excluding hydrogens is 303 g/mol. The van der Waals surface area contributed by atoms with Crippen LogP contribution in [0, 0.1) is 17.1 Å². The summed E-state index contributed by atoms with van der Waals surface area (Å²) in [7, 11) is -3.90. The molecule has 5 nitrogen and oxygen atoms in total. The molecule has 20 heavy (non-hydrogen) atoms. The molecule has 0 heterocycles. The van der Waals surface area contributed by atoms with Crippen LogP contribution in [0.3, 0.4) is 0 Å². The third-order valence-electron chi connectivity index (χ3n) is 2.47. The van der Waals surface area contributed by atoms with Gasteiger partial charge in [0.15, 0.2) is 0 Å². The first-order valence-corrected chi connectivity index (χ1v) is 8.50. The van der Waals surface area contributed by atoms with Crippen LogP contribution in [0.15, 0.2) is 23.1 Å². The Hall–Kier alpha value is -1.14. The van der Waals surface area contributed by atoms with Crippen molar-refractivity contribution in [3.05, 3.63) is 29.6 Å².